The molecule has 5 nitrogen and oxygen atoms in total. The maximum atomic E-state index is 14.1. The van der Waals surface area contributed by atoms with E-state index in [1.54, 1.807) is 0 Å². The number of hydrogen-bond acceptors (Lipinski definition) is 4. The maximum Gasteiger partial charge on any atom is 0.269 e. The van der Waals surface area contributed by atoms with Crippen molar-refractivity contribution in [3.8, 4) is 0 Å². The zero-order valence-corrected chi connectivity index (χ0v) is 16.4. The van der Waals surface area contributed by atoms with E-state index in [0.29, 0.717) is 23.6 Å². The molecule has 0 heterocycles. The Morgan fingerprint density at radius 1 is 1.36 bits per heavy atom. The Morgan fingerprint density at radius 2 is 2.07 bits per heavy atom. The number of carbonyl (C=O) groups excluding carboxylic acids is 1. The van der Waals surface area contributed by atoms with Crippen LogP contribution in [0.4, 0.5) is 14.5 Å². The van der Waals surface area contributed by atoms with Gasteiger partial charge in [-0.3, -0.25) is 10.2 Å². The summed E-state index contributed by atoms with van der Waals surface area (Å²) in [4.78, 5) is 12.7. The van der Waals surface area contributed by atoms with E-state index in [4.69, 9.17) is 5.41 Å². The predicted octanol–water partition coefficient (Wildman–Crippen LogP) is 3.60. The van der Waals surface area contributed by atoms with Gasteiger partial charge in [0.25, 0.3) is 5.91 Å². The number of fused-ring (bicyclic) bond motifs is 1. The van der Waals surface area contributed by atoms with Crippen molar-refractivity contribution in [2.45, 2.75) is 46.1 Å². The molecule has 7 heteroatoms. The summed E-state index contributed by atoms with van der Waals surface area (Å²) in [6, 6.07) is 2.82. The van der Waals surface area contributed by atoms with Crippen LogP contribution >= 0.6 is 0 Å². The van der Waals surface area contributed by atoms with E-state index >= 15 is 0 Å². The second kappa shape index (κ2) is 7.62. The summed E-state index contributed by atoms with van der Waals surface area (Å²) in [7, 11) is 0. The molecule has 1 saturated carbocycles. The average Bonchev–Trinajstić information content (AvgIpc) is 3.40. The van der Waals surface area contributed by atoms with Gasteiger partial charge >= 0.3 is 0 Å². The summed E-state index contributed by atoms with van der Waals surface area (Å²) >= 11 is 0. The molecule has 0 aromatic heterocycles. The van der Waals surface area contributed by atoms with Gasteiger partial charge in [0.2, 0.25) is 0 Å². The molecular weight excluding hydrogens is 364 g/mol. The van der Waals surface area contributed by atoms with Crippen LogP contribution in [0.1, 0.15) is 40.0 Å². The summed E-state index contributed by atoms with van der Waals surface area (Å²) in [5, 5.41) is 23.7. The zero-order valence-electron chi connectivity index (χ0n) is 16.4. The van der Waals surface area contributed by atoms with Crippen molar-refractivity contribution in [3.05, 3.63) is 41.1 Å². The molecule has 4 N–H and O–H groups in total. The van der Waals surface area contributed by atoms with Crippen molar-refractivity contribution < 1.29 is 18.7 Å². The summed E-state index contributed by atoms with van der Waals surface area (Å²) in [5.74, 6) is -1.28. The third-order valence-corrected chi connectivity index (χ3v) is 5.65. The summed E-state index contributed by atoms with van der Waals surface area (Å²) < 4.78 is 27.3. The van der Waals surface area contributed by atoms with E-state index in [1.807, 2.05) is 20.8 Å². The van der Waals surface area contributed by atoms with Crippen LogP contribution in [0.15, 0.2) is 29.5 Å². The number of hydrogen-bond donors (Lipinski definition) is 4. The normalized spacial score (nSPS) is 22.4. The topological polar surface area (TPSA) is 85.2 Å². The molecule has 3 atom stereocenters. The minimum atomic E-state index is -0.710. The number of aliphatic hydroxyl groups excluding tert-OH is 1. The standard InChI is InChI=1S/C21H27F2N3O2/c1-21(2,3)17(10-27)26-20(28)18(24)13-6-4-11-8-14(11)19(13)25-16-7-5-12(22)9-15(16)23/h5,7,9,11,14,17,24-25,27H,4,6,8,10H2,1-3H3,(H,26,28). The van der Waals surface area contributed by atoms with Crippen molar-refractivity contribution in [2.75, 3.05) is 11.9 Å². The zero-order chi connectivity index (χ0) is 20.6. The van der Waals surface area contributed by atoms with Crippen LogP contribution in [-0.4, -0.2) is 29.4 Å². The van der Waals surface area contributed by atoms with E-state index in [2.05, 4.69) is 10.6 Å². The Balaban J connectivity index is 1.85. The first-order chi connectivity index (χ1) is 13.1. The number of benzene rings is 1. The molecule has 152 valence electrons. The van der Waals surface area contributed by atoms with Crippen molar-refractivity contribution in [1.82, 2.24) is 5.32 Å². The smallest absolute Gasteiger partial charge is 0.269 e. The highest BCUT2D eigenvalue weighted by atomic mass is 19.1. The molecule has 3 unspecified atom stereocenters. The van der Waals surface area contributed by atoms with Gasteiger partial charge in [-0.2, -0.15) is 0 Å². The van der Waals surface area contributed by atoms with Gasteiger partial charge in [-0.1, -0.05) is 20.8 Å². The molecule has 3 rings (SSSR count). The van der Waals surface area contributed by atoms with Gasteiger partial charge in [0.15, 0.2) is 0 Å². The molecule has 0 aliphatic heterocycles. The van der Waals surface area contributed by atoms with Crippen LogP contribution in [0.3, 0.4) is 0 Å². The number of halogens is 2. The number of rotatable bonds is 6. The Hall–Kier alpha value is -2.28. The lowest BCUT2D eigenvalue weighted by molar-refractivity contribution is -0.116. The molecule has 1 aromatic carbocycles. The Morgan fingerprint density at radius 3 is 2.68 bits per heavy atom. The minimum absolute atomic E-state index is 0.137. The number of allylic oxidation sites excluding steroid dienone is 1. The van der Waals surface area contributed by atoms with Gasteiger partial charge in [0.05, 0.1) is 18.3 Å². The monoisotopic (exact) mass is 391 g/mol. The fourth-order valence-corrected chi connectivity index (χ4v) is 3.68. The number of amides is 1. The van der Waals surface area contributed by atoms with Crippen LogP contribution in [-0.2, 0) is 4.79 Å². The first-order valence-electron chi connectivity index (χ1n) is 9.57. The summed E-state index contributed by atoms with van der Waals surface area (Å²) in [5.41, 5.74) is 0.852. The molecule has 1 amide bonds. The van der Waals surface area contributed by atoms with E-state index in [1.165, 1.54) is 12.1 Å². The van der Waals surface area contributed by atoms with Gasteiger partial charge in [-0.15, -0.1) is 0 Å². The first kappa shape index (κ1) is 20.5. The highest BCUT2D eigenvalue weighted by molar-refractivity contribution is 6.44. The van der Waals surface area contributed by atoms with Crippen LogP contribution < -0.4 is 10.6 Å². The number of anilines is 1. The van der Waals surface area contributed by atoms with Crippen LogP contribution in [0.5, 0.6) is 0 Å². The maximum absolute atomic E-state index is 14.1. The van der Waals surface area contributed by atoms with Gasteiger partial charge < -0.3 is 15.7 Å². The fourth-order valence-electron chi connectivity index (χ4n) is 3.68. The highest BCUT2D eigenvalue weighted by Gasteiger charge is 2.45. The van der Waals surface area contributed by atoms with Crippen molar-refractivity contribution in [3.63, 3.8) is 0 Å². The van der Waals surface area contributed by atoms with Gasteiger partial charge in [-0.25, -0.2) is 8.78 Å². The van der Waals surface area contributed by atoms with Gasteiger partial charge in [0, 0.05) is 23.3 Å². The molecule has 0 saturated heterocycles. The largest absolute Gasteiger partial charge is 0.394 e. The molecule has 1 fully saturated rings. The molecule has 28 heavy (non-hydrogen) atoms. The van der Waals surface area contributed by atoms with Crippen molar-refractivity contribution in [1.29, 1.82) is 5.41 Å². The fraction of sp³-hybridized carbons (Fsp3) is 0.524. The van der Waals surface area contributed by atoms with Crippen LogP contribution in [0, 0.1) is 34.3 Å². The van der Waals surface area contributed by atoms with Crippen molar-refractivity contribution >= 4 is 17.3 Å². The molecule has 1 aromatic rings. The summed E-state index contributed by atoms with van der Waals surface area (Å²) in [6.45, 7) is 5.47. The average molecular weight is 391 g/mol. The number of nitrogens with one attached hydrogen (secondary N) is 3. The molecule has 0 spiro atoms. The van der Waals surface area contributed by atoms with Crippen molar-refractivity contribution in [2.24, 2.45) is 17.3 Å². The number of carbonyl (C=O) groups is 1. The Labute approximate surface area is 163 Å². The van der Waals surface area contributed by atoms with Gasteiger partial charge in [0.1, 0.15) is 17.3 Å². The predicted molar refractivity (Wildman–Crippen MR) is 104 cm³/mol. The quantitative estimate of drug-likeness (QED) is 0.559. The van der Waals surface area contributed by atoms with E-state index in [-0.39, 0.29) is 29.3 Å². The second-order valence-corrected chi connectivity index (χ2v) is 8.73. The van der Waals surface area contributed by atoms with E-state index in [0.717, 1.165) is 18.9 Å². The number of aliphatic hydroxyl groups is 1. The second-order valence-electron chi connectivity index (χ2n) is 8.73. The van der Waals surface area contributed by atoms with Gasteiger partial charge in [-0.05, 0) is 42.7 Å². The minimum Gasteiger partial charge on any atom is -0.394 e. The van der Waals surface area contributed by atoms with E-state index in [9.17, 15) is 18.7 Å². The highest BCUT2D eigenvalue weighted by Crippen LogP contribution is 2.52. The summed E-state index contributed by atoms with van der Waals surface area (Å²) in [6.07, 6.45) is 2.37. The lowest BCUT2D eigenvalue weighted by atomic mass is 9.86. The van der Waals surface area contributed by atoms with Crippen LogP contribution in [0.25, 0.3) is 0 Å². The lowest BCUT2D eigenvalue weighted by Gasteiger charge is -2.30. The SMILES string of the molecule is CC(C)(C)C(CO)NC(=O)C(=N)C1=C(Nc2ccc(F)cc2F)C2CC2CC1. The van der Waals surface area contributed by atoms with Crippen LogP contribution in [0.2, 0.25) is 0 Å². The third kappa shape index (κ3) is 4.24. The Bertz CT molecular complexity index is 829. The molecule has 0 bridgehead atoms. The lowest BCUT2D eigenvalue weighted by Crippen LogP contribution is -2.48. The Kier molecular flexibility index (Phi) is 5.57. The van der Waals surface area contributed by atoms with E-state index < -0.39 is 23.6 Å². The third-order valence-electron chi connectivity index (χ3n) is 5.65. The first-order valence-corrected chi connectivity index (χ1v) is 9.57. The molecule has 2 aliphatic carbocycles. The molecule has 0 radical (unpaired) electrons. The molecular formula is C21H27F2N3O2. The molecule has 2 aliphatic rings.